The molecule has 0 bridgehead atoms. The monoisotopic (exact) mass is 369 g/mol. The molecule has 0 spiro atoms. The lowest BCUT2D eigenvalue weighted by atomic mass is 10.1. The van der Waals surface area contributed by atoms with E-state index in [0.29, 0.717) is 18.3 Å². The Labute approximate surface area is 152 Å². The van der Waals surface area contributed by atoms with E-state index in [0.717, 1.165) is 17.7 Å². The second-order valence-electron chi connectivity index (χ2n) is 5.62. The Bertz CT molecular complexity index is 960. The van der Waals surface area contributed by atoms with Crippen LogP contribution in [0.3, 0.4) is 0 Å². The second-order valence-corrected chi connectivity index (χ2v) is 7.18. The quantitative estimate of drug-likeness (QED) is 0.590. The third kappa shape index (κ3) is 5.01. The van der Waals surface area contributed by atoms with Crippen LogP contribution in [0.5, 0.6) is 0 Å². The van der Waals surface area contributed by atoms with Crippen molar-refractivity contribution < 1.29 is 8.42 Å². The van der Waals surface area contributed by atoms with Crippen LogP contribution in [0.2, 0.25) is 0 Å². The molecule has 0 fully saturated rings. The summed E-state index contributed by atoms with van der Waals surface area (Å²) in [5.41, 5.74) is 1.92. The Balaban J connectivity index is 1.56. The fourth-order valence-corrected chi connectivity index (χ4v) is 2.86. The number of rotatable bonds is 7. The topological polar surface area (TPSA) is 110 Å². The maximum absolute atomic E-state index is 11.3. The van der Waals surface area contributed by atoms with Gasteiger partial charge in [0, 0.05) is 18.4 Å². The second kappa shape index (κ2) is 7.94. The first-order chi connectivity index (χ1) is 12.5. The molecule has 8 heteroatoms. The van der Waals surface area contributed by atoms with Gasteiger partial charge in [-0.1, -0.05) is 30.3 Å². The zero-order chi connectivity index (χ0) is 18.4. The van der Waals surface area contributed by atoms with Crippen LogP contribution < -0.4 is 15.8 Å². The lowest BCUT2D eigenvalue weighted by Crippen LogP contribution is -2.12. The summed E-state index contributed by atoms with van der Waals surface area (Å²) in [6.07, 6.45) is 2.40. The third-order valence-corrected chi connectivity index (χ3v) is 4.59. The molecule has 0 saturated heterocycles. The summed E-state index contributed by atoms with van der Waals surface area (Å²) in [5.74, 6) is 1.22. The summed E-state index contributed by atoms with van der Waals surface area (Å²) in [7, 11) is -3.65. The van der Waals surface area contributed by atoms with Crippen LogP contribution in [0.4, 0.5) is 17.5 Å². The molecule has 0 radical (unpaired) electrons. The average molecular weight is 369 g/mol. The third-order valence-electron chi connectivity index (χ3n) is 3.66. The van der Waals surface area contributed by atoms with Crippen LogP contribution in [0.1, 0.15) is 5.56 Å². The molecule has 4 N–H and O–H groups in total. The van der Waals surface area contributed by atoms with Crippen LogP contribution in [-0.4, -0.2) is 24.9 Å². The molecule has 7 nitrogen and oxygen atoms in total. The molecule has 0 unspecified atom stereocenters. The lowest BCUT2D eigenvalue weighted by molar-refractivity contribution is 0.598. The smallest absolute Gasteiger partial charge is 0.238 e. The fraction of sp³-hybridized carbons (Fsp3) is 0.111. The number of hydrogen-bond acceptors (Lipinski definition) is 6. The Hall–Kier alpha value is -2.97. The number of benzene rings is 2. The zero-order valence-corrected chi connectivity index (χ0v) is 14.8. The Morgan fingerprint density at radius 2 is 1.69 bits per heavy atom. The summed E-state index contributed by atoms with van der Waals surface area (Å²) >= 11 is 0. The lowest BCUT2D eigenvalue weighted by Gasteiger charge is -2.08. The Morgan fingerprint density at radius 1 is 0.962 bits per heavy atom. The van der Waals surface area contributed by atoms with Crippen molar-refractivity contribution in [1.29, 1.82) is 0 Å². The number of sulfonamides is 1. The Morgan fingerprint density at radius 3 is 2.38 bits per heavy atom. The number of aromatic nitrogens is 2. The van der Waals surface area contributed by atoms with Gasteiger partial charge in [-0.15, -0.1) is 0 Å². The molecule has 3 aromatic rings. The molecule has 0 aliphatic heterocycles. The normalized spacial score (nSPS) is 11.1. The first kappa shape index (κ1) is 17.8. The van der Waals surface area contributed by atoms with Crippen molar-refractivity contribution in [2.24, 2.45) is 5.14 Å². The number of nitrogens with zero attached hydrogens (tertiary/aromatic N) is 2. The number of hydrogen-bond donors (Lipinski definition) is 3. The SMILES string of the molecule is NS(=O)(=O)c1ccc(CCNc2ccnc(Nc3ccccc3)n2)cc1. The summed E-state index contributed by atoms with van der Waals surface area (Å²) in [4.78, 5) is 8.73. The molecule has 0 aliphatic carbocycles. The highest BCUT2D eigenvalue weighted by atomic mass is 32.2. The van der Waals surface area contributed by atoms with Crippen LogP contribution in [-0.2, 0) is 16.4 Å². The highest BCUT2D eigenvalue weighted by Crippen LogP contribution is 2.14. The van der Waals surface area contributed by atoms with E-state index in [1.54, 1.807) is 24.4 Å². The predicted molar refractivity (Wildman–Crippen MR) is 102 cm³/mol. The Kier molecular flexibility index (Phi) is 5.45. The van der Waals surface area contributed by atoms with Gasteiger partial charge in [0.05, 0.1) is 4.90 Å². The first-order valence-corrected chi connectivity index (χ1v) is 9.56. The summed E-state index contributed by atoms with van der Waals surface area (Å²) in [6, 6.07) is 18.0. The summed E-state index contributed by atoms with van der Waals surface area (Å²) < 4.78 is 22.5. The van der Waals surface area contributed by atoms with Crippen LogP contribution >= 0.6 is 0 Å². The number of nitrogens with two attached hydrogens (primary N) is 1. The van der Waals surface area contributed by atoms with E-state index in [1.807, 2.05) is 30.3 Å². The first-order valence-electron chi connectivity index (χ1n) is 8.01. The molecule has 1 aromatic heterocycles. The van der Waals surface area contributed by atoms with E-state index in [2.05, 4.69) is 20.6 Å². The van der Waals surface area contributed by atoms with Gasteiger partial charge in [0.25, 0.3) is 0 Å². The minimum Gasteiger partial charge on any atom is -0.370 e. The number of anilines is 3. The van der Waals surface area contributed by atoms with Crippen molar-refractivity contribution in [2.45, 2.75) is 11.3 Å². The van der Waals surface area contributed by atoms with Gasteiger partial charge in [0.15, 0.2) is 0 Å². The summed E-state index contributed by atoms with van der Waals surface area (Å²) in [5, 5.41) is 11.5. The molecule has 2 aromatic carbocycles. The van der Waals surface area contributed by atoms with Crippen molar-refractivity contribution in [3.05, 3.63) is 72.4 Å². The van der Waals surface area contributed by atoms with Crippen molar-refractivity contribution in [3.8, 4) is 0 Å². The van der Waals surface area contributed by atoms with E-state index in [4.69, 9.17) is 5.14 Å². The zero-order valence-electron chi connectivity index (χ0n) is 14.0. The van der Waals surface area contributed by atoms with Gasteiger partial charge in [-0.3, -0.25) is 0 Å². The number of nitrogens with one attached hydrogen (secondary N) is 2. The van der Waals surface area contributed by atoms with Gasteiger partial charge in [-0.25, -0.2) is 18.5 Å². The van der Waals surface area contributed by atoms with Crippen molar-refractivity contribution in [3.63, 3.8) is 0 Å². The van der Waals surface area contributed by atoms with Crippen LogP contribution in [0, 0.1) is 0 Å². The molecule has 1 heterocycles. The minimum absolute atomic E-state index is 0.113. The van der Waals surface area contributed by atoms with Crippen LogP contribution in [0.15, 0.2) is 71.8 Å². The molecule has 3 rings (SSSR count). The van der Waals surface area contributed by atoms with Gasteiger partial charge < -0.3 is 10.6 Å². The fourth-order valence-electron chi connectivity index (χ4n) is 2.35. The van der Waals surface area contributed by atoms with Crippen LogP contribution in [0.25, 0.3) is 0 Å². The molecular formula is C18H19N5O2S. The maximum atomic E-state index is 11.3. The van der Waals surface area contributed by atoms with Crippen molar-refractivity contribution in [2.75, 3.05) is 17.2 Å². The molecule has 0 amide bonds. The number of para-hydroxylation sites is 1. The predicted octanol–water partition coefficient (Wildman–Crippen LogP) is 2.52. The standard InChI is InChI=1S/C18H19N5O2S/c19-26(24,25)16-8-6-14(7-9-16)10-12-20-17-11-13-21-18(23-17)22-15-4-2-1-3-5-15/h1-9,11,13H,10,12H2,(H2,19,24,25)(H2,20,21,22,23). The van der Waals surface area contributed by atoms with E-state index in [9.17, 15) is 8.42 Å². The van der Waals surface area contributed by atoms with E-state index >= 15 is 0 Å². The molecular weight excluding hydrogens is 350 g/mol. The molecule has 26 heavy (non-hydrogen) atoms. The molecule has 134 valence electrons. The van der Waals surface area contributed by atoms with Gasteiger partial charge in [0.1, 0.15) is 5.82 Å². The summed E-state index contributed by atoms with van der Waals surface area (Å²) in [6.45, 7) is 0.649. The molecule has 0 aliphatic rings. The highest BCUT2D eigenvalue weighted by molar-refractivity contribution is 7.89. The van der Waals surface area contributed by atoms with Gasteiger partial charge >= 0.3 is 0 Å². The van der Waals surface area contributed by atoms with E-state index < -0.39 is 10.0 Å². The van der Waals surface area contributed by atoms with E-state index in [1.165, 1.54) is 12.1 Å². The maximum Gasteiger partial charge on any atom is 0.238 e. The minimum atomic E-state index is -3.65. The van der Waals surface area contributed by atoms with E-state index in [-0.39, 0.29) is 4.90 Å². The molecule has 0 saturated carbocycles. The van der Waals surface area contributed by atoms with Gasteiger partial charge in [-0.05, 0) is 42.3 Å². The largest absolute Gasteiger partial charge is 0.370 e. The average Bonchev–Trinajstić information content (AvgIpc) is 2.63. The van der Waals surface area contributed by atoms with Crippen molar-refractivity contribution >= 4 is 27.5 Å². The van der Waals surface area contributed by atoms with Gasteiger partial charge in [-0.2, -0.15) is 4.98 Å². The van der Waals surface area contributed by atoms with Gasteiger partial charge in [0.2, 0.25) is 16.0 Å². The highest BCUT2D eigenvalue weighted by Gasteiger charge is 2.06. The molecule has 0 atom stereocenters. The van der Waals surface area contributed by atoms with Crippen molar-refractivity contribution in [1.82, 2.24) is 9.97 Å². The number of primary sulfonamides is 1.